The summed E-state index contributed by atoms with van der Waals surface area (Å²) in [6, 6.07) is 8.49. The highest BCUT2D eigenvalue weighted by atomic mass is 16.5. The van der Waals surface area contributed by atoms with E-state index in [1.165, 1.54) is 19.3 Å². The molecule has 4 nitrogen and oxygen atoms in total. The molecule has 0 spiro atoms. The molecule has 1 aromatic carbocycles. The largest absolute Gasteiger partial charge is 0.486 e. The van der Waals surface area contributed by atoms with Gasteiger partial charge in [-0.1, -0.05) is 18.6 Å². The van der Waals surface area contributed by atoms with Gasteiger partial charge in [-0.3, -0.25) is 9.69 Å². The molecule has 1 aliphatic carbocycles. The van der Waals surface area contributed by atoms with Crippen molar-refractivity contribution in [3.63, 3.8) is 0 Å². The molecule has 2 atom stereocenters. The summed E-state index contributed by atoms with van der Waals surface area (Å²) in [5, 5.41) is 0. The molecule has 2 unspecified atom stereocenters. The van der Waals surface area contributed by atoms with Crippen molar-refractivity contribution in [2.24, 2.45) is 0 Å². The van der Waals surface area contributed by atoms with Crippen LogP contribution in [0.1, 0.15) is 29.6 Å². The predicted octanol–water partition coefficient (Wildman–Crippen LogP) is 1.76. The Kier molecular flexibility index (Phi) is 2.74. The molecule has 0 bridgehead atoms. The minimum atomic E-state index is 0.0866. The lowest BCUT2D eigenvalue weighted by molar-refractivity contribution is 0.0679. The number of likely N-dealkylation sites (tertiary alicyclic amines) is 1. The number of para-hydroxylation sites is 1. The van der Waals surface area contributed by atoms with Gasteiger partial charge in [0.25, 0.3) is 5.91 Å². The molecular weight excluding hydrogens is 252 g/mol. The lowest BCUT2D eigenvalue weighted by atomic mass is 9.92. The zero-order valence-electron chi connectivity index (χ0n) is 11.8. The molecule has 0 N–H and O–H groups in total. The number of rotatable bonds is 1. The summed E-state index contributed by atoms with van der Waals surface area (Å²) < 4.78 is 6.17. The van der Waals surface area contributed by atoms with Crippen molar-refractivity contribution in [1.82, 2.24) is 9.80 Å². The van der Waals surface area contributed by atoms with Crippen molar-refractivity contribution in [3.8, 4) is 5.75 Å². The third kappa shape index (κ3) is 1.74. The Morgan fingerprint density at radius 3 is 2.75 bits per heavy atom. The number of ether oxygens (including phenoxy) is 1. The molecule has 1 saturated heterocycles. The van der Waals surface area contributed by atoms with Crippen LogP contribution < -0.4 is 4.74 Å². The Hall–Kier alpha value is -1.55. The van der Waals surface area contributed by atoms with Gasteiger partial charge >= 0.3 is 0 Å². The molecule has 4 heteroatoms. The highest BCUT2D eigenvalue weighted by Gasteiger charge is 2.44. The Morgan fingerprint density at radius 2 is 2.00 bits per heavy atom. The molecule has 20 heavy (non-hydrogen) atoms. The molecule has 0 radical (unpaired) electrons. The van der Waals surface area contributed by atoms with Gasteiger partial charge in [-0.15, -0.1) is 0 Å². The minimum absolute atomic E-state index is 0.0866. The van der Waals surface area contributed by atoms with Crippen LogP contribution in [0.4, 0.5) is 0 Å². The highest BCUT2D eigenvalue weighted by molar-refractivity contribution is 5.97. The second kappa shape index (κ2) is 4.48. The zero-order chi connectivity index (χ0) is 13.7. The van der Waals surface area contributed by atoms with Crippen molar-refractivity contribution in [2.45, 2.75) is 37.5 Å². The second-order valence-corrected chi connectivity index (χ2v) is 6.17. The Morgan fingerprint density at radius 1 is 1.20 bits per heavy atom. The number of hydrogen-bond donors (Lipinski definition) is 0. The summed E-state index contributed by atoms with van der Waals surface area (Å²) in [6.45, 7) is 1.90. The predicted molar refractivity (Wildman–Crippen MR) is 76.0 cm³/mol. The van der Waals surface area contributed by atoms with Gasteiger partial charge in [0.15, 0.2) is 0 Å². The van der Waals surface area contributed by atoms with Crippen LogP contribution in [0.15, 0.2) is 24.3 Å². The summed E-state index contributed by atoms with van der Waals surface area (Å²) >= 11 is 0. The fraction of sp³-hybridized carbons (Fsp3) is 0.562. The van der Waals surface area contributed by atoms with Crippen molar-refractivity contribution in [2.75, 3.05) is 20.1 Å². The number of nitrogens with zero attached hydrogens (tertiary/aromatic N) is 2. The smallest absolute Gasteiger partial charge is 0.257 e. The van der Waals surface area contributed by atoms with E-state index in [0.717, 1.165) is 18.8 Å². The van der Waals surface area contributed by atoms with Gasteiger partial charge in [0, 0.05) is 26.2 Å². The van der Waals surface area contributed by atoms with Crippen molar-refractivity contribution in [1.29, 1.82) is 0 Å². The van der Waals surface area contributed by atoms with Gasteiger partial charge in [-0.25, -0.2) is 0 Å². The van der Waals surface area contributed by atoms with Crippen LogP contribution in [0.2, 0.25) is 0 Å². The summed E-state index contributed by atoms with van der Waals surface area (Å²) in [7, 11) is 1.91. The van der Waals surface area contributed by atoms with Gasteiger partial charge in [0.2, 0.25) is 0 Å². The molecule has 2 heterocycles. The van der Waals surface area contributed by atoms with E-state index in [9.17, 15) is 4.79 Å². The van der Waals surface area contributed by atoms with Crippen LogP contribution in [-0.4, -0.2) is 54.0 Å². The maximum Gasteiger partial charge on any atom is 0.257 e. The van der Waals surface area contributed by atoms with Gasteiger partial charge < -0.3 is 9.64 Å². The number of carbonyl (C=O) groups is 1. The van der Waals surface area contributed by atoms with Gasteiger partial charge in [-0.05, 0) is 25.0 Å². The topological polar surface area (TPSA) is 32.8 Å². The third-order valence-electron chi connectivity index (χ3n) is 5.07. The molecule has 2 fully saturated rings. The molecule has 4 rings (SSSR count). The molecule has 1 aromatic rings. The summed E-state index contributed by atoms with van der Waals surface area (Å²) in [5.41, 5.74) is 0.694. The molecule has 1 amide bonds. The Bertz CT molecular complexity index is 541. The Labute approximate surface area is 119 Å². The maximum absolute atomic E-state index is 12.6. The van der Waals surface area contributed by atoms with Crippen molar-refractivity contribution in [3.05, 3.63) is 29.8 Å². The molecule has 0 aromatic heterocycles. The molecular formula is C16H20N2O2. The first kappa shape index (κ1) is 12.2. The number of amides is 1. The quantitative estimate of drug-likeness (QED) is 0.781. The second-order valence-electron chi connectivity index (χ2n) is 6.17. The van der Waals surface area contributed by atoms with E-state index in [-0.39, 0.29) is 18.1 Å². The SMILES string of the molecule is CN1C(=O)c2ccccc2OC2CN(C3CCC3)CC21. The highest BCUT2D eigenvalue weighted by Crippen LogP contribution is 2.34. The zero-order valence-corrected chi connectivity index (χ0v) is 11.8. The van der Waals surface area contributed by atoms with Crippen LogP contribution in [-0.2, 0) is 0 Å². The molecule has 106 valence electrons. The number of likely N-dealkylation sites (N-methyl/N-ethyl adjacent to an activating group) is 1. The summed E-state index contributed by atoms with van der Waals surface area (Å²) in [5.74, 6) is 0.830. The first-order valence-electron chi connectivity index (χ1n) is 7.51. The number of benzene rings is 1. The molecule has 2 aliphatic heterocycles. The van der Waals surface area contributed by atoms with Gasteiger partial charge in [0.05, 0.1) is 11.6 Å². The normalized spacial score (nSPS) is 30.2. The van der Waals surface area contributed by atoms with E-state index in [0.29, 0.717) is 11.6 Å². The Balaban J connectivity index is 1.64. The summed E-state index contributed by atoms with van der Waals surface area (Å²) in [6.07, 6.45) is 4.05. The van der Waals surface area contributed by atoms with E-state index in [2.05, 4.69) is 4.90 Å². The lowest BCUT2D eigenvalue weighted by Crippen LogP contribution is -2.44. The van der Waals surface area contributed by atoms with E-state index in [4.69, 9.17) is 4.74 Å². The van der Waals surface area contributed by atoms with Crippen LogP contribution >= 0.6 is 0 Å². The standard InChI is InChI=1S/C16H20N2O2/c1-17-13-9-18(11-5-4-6-11)10-15(13)20-14-8-3-2-7-12(14)16(17)19/h2-3,7-8,11,13,15H,4-6,9-10H2,1H3. The summed E-state index contributed by atoms with van der Waals surface area (Å²) in [4.78, 5) is 17.0. The minimum Gasteiger partial charge on any atom is -0.486 e. The van der Waals surface area contributed by atoms with E-state index >= 15 is 0 Å². The van der Waals surface area contributed by atoms with Crippen LogP contribution in [0.3, 0.4) is 0 Å². The van der Waals surface area contributed by atoms with Crippen LogP contribution in [0.25, 0.3) is 0 Å². The fourth-order valence-corrected chi connectivity index (χ4v) is 3.57. The monoisotopic (exact) mass is 272 g/mol. The van der Waals surface area contributed by atoms with E-state index < -0.39 is 0 Å². The third-order valence-corrected chi connectivity index (χ3v) is 5.07. The number of carbonyl (C=O) groups excluding carboxylic acids is 1. The van der Waals surface area contributed by atoms with E-state index in [1.54, 1.807) is 0 Å². The van der Waals surface area contributed by atoms with Gasteiger partial charge in [0.1, 0.15) is 11.9 Å². The average Bonchev–Trinajstić information content (AvgIpc) is 2.75. The molecule has 3 aliphatic rings. The van der Waals surface area contributed by atoms with Crippen LogP contribution in [0, 0.1) is 0 Å². The average molecular weight is 272 g/mol. The molecule has 1 saturated carbocycles. The van der Waals surface area contributed by atoms with E-state index in [1.807, 2.05) is 36.2 Å². The van der Waals surface area contributed by atoms with Gasteiger partial charge in [-0.2, -0.15) is 0 Å². The maximum atomic E-state index is 12.6. The van der Waals surface area contributed by atoms with Crippen molar-refractivity contribution < 1.29 is 9.53 Å². The van der Waals surface area contributed by atoms with Crippen LogP contribution in [0.5, 0.6) is 5.75 Å². The van der Waals surface area contributed by atoms with Crippen molar-refractivity contribution >= 4 is 5.91 Å². The lowest BCUT2D eigenvalue weighted by Gasteiger charge is -2.35. The fourth-order valence-electron chi connectivity index (χ4n) is 3.57. The first-order chi connectivity index (χ1) is 9.74. The number of hydrogen-bond acceptors (Lipinski definition) is 3. The first-order valence-corrected chi connectivity index (χ1v) is 7.51. The number of fused-ring (bicyclic) bond motifs is 2.